The second kappa shape index (κ2) is 9.38. The van der Waals surface area contributed by atoms with Crippen LogP contribution >= 0.6 is 0 Å². The number of hydrogen-bond donors (Lipinski definition) is 3. The lowest BCUT2D eigenvalue weighted by Gasteiger charge is -2.35. The predicted molar refractivity (Wildman–Crippen MR) is 139 cm³/mol. The number of H-pyrrole nitrogens is 2. The molecule has 0 bridgehead atoms. The van der Waals surface area contributed by atoms with Crippen molar-refractivity contribution in [2.75, 3.05) is 29.9 Å². The number of fused-ring (bicyclic) bond motifs is 2. The Morgan fingerprint density at radius 3 is 2.74 bits per heavy atom. The number of aromatic nitrogens is 7. The zero-order valence-electron chi connectivity index (χ0n) is 21.0. The molecule has 0 amide bonds. The van der Waals surface area contributed by atoms with Crippen molar-refractivity contribution in [1.82, 2.24) is 34.7 Å². The first-order chi connectivity index (χ1) is 18.7. The molecule has 0 radical (unpaired) electrons. The number of imidazole rings is 1. The highest BCUT2D eigenvalue weighted by atomic mass is 19.4. The van der Waals surface area contributed by atoms with E-state index in [9.17, 15) is 18.0 Å². The Kier molecular flexibility index (Phi) is 5.98. The molecule has 39 heavy (non-hydrogen) atoms. The first-order valence-corrected chi connectivity index (χ1v) is 12.2. The van der Waals surface area contributed by atoms with E-state index < -0.39 is 12.3 Å². The number of alkyl halides is 3. The highest BCUT2D eigenvalue weighted by Crippen LogP contribution is 2.34. The van der Waals surface area contributed by atoms with E-state index in [0.29, 0.717) is 45.8 Å². The Balaban J connectivity index is 1.41. The molecule has 0 saturated carbocycles. The van der Waals surface area contributed by atoms with Crippen LogP contribution in [0.4, 0.5) is 24.5 Å². The van der Waals surface area contributed by atoms with Crippen molar-refractivity contribution >= 4 is 33.4 Å². The number of halogens is 3. The lowest BCUT2D eigenvalue weighted by Crippen LogP contribution is -2.49. The number of benzene rings is 1. The number of rotatable bonds is 5. The molecule has 1 saturated heterocycles. The van der Waals surface area contributed by atoms with Gasteiger partial charge in [-0.1, -0.05) is 0 Å². The van der Waals surface area contributed by atoms with Gasteiger partial charge in [0.15, 0.2) is 6.10 Å². The highest BCUT2D eigenvalue weighted by Gasteiger charge is 2.43. The third kappa shape index (κ3) is 4.67. The van der Waals surface area contributed by atoms with Gasteiger partial charge in [-0.15, -0.1) is 0 Å². The second-order valence-electron chi connectivity index (χ2n) is 9.38. The van der Waals surface area contributed by atoms with E-state index in [1.807, 2.05) is 6.92 Å². The van der Waals surface area contributed by atoms with Crippen LogP contribution in [0.1, 0.15) is 18.8 Å². The number of hydrogen-bond acceptors (Lipinski definition) is 8. The van der Waals surface area contributed by atoms with E-state index in [2.05, 4.69) is 35.3 Å². The van der Waals surface area contributed by atoms with Crippen molar-refractivity contribution in [3.8, 4) is 11.4 Å². The SMILES string of the molecule is CC(Nc1c(-c2nc3ccc(N4CCO[C@H](C(F)(F)F)C4)cc3[nH]2)c(=O)[nH]c2cn(C)nc12)c1ncccn1. The molecule has 1 unspecified atom stereocenters. The standard InChI is InChI=1S/C25H24F3N9O2/c1-13(22-29-6-3-7-30-22)31-21-19(24(38)34-17-11-36(2)35-20(17)21)23-32-15-5-4-14(10-16(15)33-23)37-8-9-39-18(12-37)25(26,27)28/h3-7,10-11,13,18,31H,8-9,12H2,1-2H3,(H,32,33)(H,34,38)/t13?,18-/m0/s1. The maximum atomic E-state index is 13.4. The maximum Gasteiger partial charge on any atom is 0.416 e. The van der Waals surface area contributed by atoms with Crippen molar-refractivity contribution in [1.29, 1.82) is 0 Å². The molecule has 3 N–H and O–H groups in total. The fourth-order valence-electron chi connectivity index (χ4n) is 4.76. The van der Waals surface area contributed by atoms with Crippen LogP contribution in [0.2, 0.25) is 0 Å². The molecule has 2 atom stereocenters. The quantitative estimate of drug-likeness (QED) is 0.309. The van der Waals surface area contributed by atoms with Gasteiger partial charge in [-0.05, 0) is 31.2 Å². The molecule has 0 aliphatic carbocycles. The third-order valence-electron chi connectivity index (χ3n) is 6.62. The van der Waals surface area contributed by atoms with Crippen LogP contribution in [0.25, 0.3) is 33.5 Å². The van der Waals surface area contributed by atoms with E-state index in [1.54, 1.807) is 59.5 Å². The van der Waals surface area contributed by atoms with Crippen molar-refractivity contribution in [3.63, 3.8) is 0 Å². The van der Waals surface area contributed by atoms with Crippen LogP contribution in [0, 0.1) is 0 Å². The van der Waals surface area contributed by atoms with Crippen LogP contribution in [-0.2, 0) is 11.8 Å². The molecule has 5 aromatic rings. The zero-order chi connectivity index (χ0) is 27.3. The average Bonchev–Trinajstić information content (AvgIpc) is 3.50. The monoisotopic (exact) mass is 539 g/mol. The first-order valence-electron chi connectivity index (χ1n) is 12.2. The molecule has 6 rings (SSSR count). The maximum absolute atomic E-state index is 13.4. The first kappa shape index (κ1) is 24.9. The van der Waals surface area contributed by atoms with Gasteiger partial charge in [0.1, 0.15) is 22.7 Å². The minimum Gasteiger partial charge on any atom is -0.373 e. The summed E-state index contributed by atoms with van der Waals surface area (Å²) in [4.78, 5) is 34.3. The molecule has 0 spiro atoms. The molecule has 11 nitrogen and oxygen atoms in total. The smallest absolute Gasteiger partial charge is 0.373 e. The van der Waals surface area contributed by atoms with E-state index in [1.165, 1.54) is 0 Å². The summed E-state index contributed by atoms with van der Waals surface area (Å²) < 4.78 is 46.2. The number of nitrogens with one attached hydrogen (secondary N) is 3. The Morgan fingerprint density at radius 1 is 1.18 bits per heavy atom. The number of aryl methyl sites for hydroxylation is 1. The minimum absolute atomic E-state index is 0.0335. The summed E-state index contributed by atoms with van der Waals surface area (Å²) in [5, 5.41) is 7.87. The van der Waals surface area contributed by atoms with Crippen molar-refractivity contribution in [2.45, 2.75) is 25.2 Å². The predicted octanol–water partition coefficient (Wildman–Crippen LogP) is 3.54. The summed E-state index contributed by atoms with van der Waals surface area (Å²) in [6.07, 6.45) is -1.32. The number of morpholine rings is 1. The van der Waals surface area contributed by atoms with E-state index in [-0.39, 0.29) is 36.1 Å². The zero-order valence-corrected chi connectivity index (χ0v) is 21.0. The van der Waals surface area contributed by atoms with Gasteiger partial charge in [-0.3, -0.25) is 9.48 Å². The van der Waals surface area contributed by atoms with Gasteiger partial charge in [-0.25, -0.2) is 15.0 Å². The van der Waals surface area contributed by atoms with Gasteiger partial charge < -0.3 is 24.9 Å². The molecule has 202 valence electrons. The Morgan fingerprint density at radius 2 is 1.97 bits per heavy atom. The van der Waals surface area contributed by atoms with Gasteiger partial charge in [0.25, 0.3) is 5.56 Å². The fraction of sp³-hybridized carbons (Fsp3) is 0.320. The van der Waals surface area contributed by atoms with Crippen molar-refractivity contribution < 1.29 is 17.9 Å². The van der Waals surface area contributed by atoms with Crippen LogP contribution in [0.3, 0.4) is 0 Å². The average molecular weight is 540 g/mol. The fourth-order valence-corrected chi connectivity index (χ4v) is 4.76. The molecule has 1 aliphatic rings. The van der Waals surface area contributed by atoms with E-state index in [4.69, 9.17) is 4.74 Å². The van der Waals surface area contributed by atoms with Crippen LogP contribution < -0.4 is 15.8 Å². The normalized spacial score (nSPS) is 17.2. The summed E-state index contributed by atoms with van der Waals surface area (Å²) in [7, 11) is 1.75. The van der Waals surface area contributed by atoms with Crippen molar-refractivity contribution in [3.05, 3.63) is 59.0 Å². The molecule has 5 heterocycles. The third-order valence-corrected chi connectivity index (χ3v) is 6.62. The Labute approximate surface area is 219 Å². The van der Waals surface area contributed by atoms with Gasteiger partial charge in [0.2, 0.25) is 0 Å². The van der Waals surface area contributed by atoms with Gasteiger partial charge in [-0.2, -0.15) is 18.3 Å². The Bertz CT molecular complexity index is 1710. The molecule has 14 heteroatoms. The van der Waals surface area contributed by atoms with E-state index >= 15 is 0 Å². The summed E-state index contributed by atoms with van der Waals surface area (Å²) in [5.41, 5.74) is 3.10. The van der Waals surface area contributed by atoms with Crippen LogP contribution in [0.5, 0.6) is 0 Å². The van der Waals surface area contributed by atoms with E-state index in [0.717, 1.165) is 0 Å². The topological polar surface area (TPSA) is 130 Å². The number of ether oxygens (including phenoxy) is 1. The highest BCUT2D eigenvalue weighted by molar-refractivity contribution is 5.96. The van der Waals surface area contributed by atoms with Gasteiger partial charge in [0, 0.05) is 37.9 Å². The van der Waals surface area contributed by atoms with Crippen molar-refractivity contribution in [2.24, 2.45) is 7.05 Å². The molecule has 4 aromatic heterocycles. The van der Waals surface area contributed by atoms with Gasteiger partial charge >= 0.3 is 6.18 Å². The number of aromatic amines is 2. The summed E-state index contributed by atoms with van der Waals surface area (Å²) in [6.45, 7) is 1.85. The molecule has 1 aliphatic heterocycles. The lowest BCUT2D eigenvalue weighted by atomic mass is 10.1. The summed E-state index contributed by atoms with van der Waals surface area (Å²) in [5.74, 6) is 0.819. The number of pyridine rings is 1. The number of anilines is 2. The van der Waals surface area contributed by atoms with Crippen LogP contribution in [0.15, 0.2) is 47.7 Å². The lowest BCUT2D eigenvalue weighted by molar-refractivity contribution is -0.221. The number of nitrogens with zero attached hydrogens (tertiary/aromatic N) is 6. The Hall–Kier alpha value is -4.46. The molecular weight excluding hydrogens is 515 g/mol. The molecule has 1 aromatic carbocycles. The minimum atomic E-state index is -4.44. The van der Waals surface area contributed by atoms with Crippen LogP contribution in [-0.4, -0.2) is 66.7 Å². The largest absolute Gasteiger partial charge is 0.416 e. The summed E-state index contributed by atoms with van der Waals surface area (Å²) in [6, 6.07) is 6.51. The molecule has 1 fully saturated rings. The van der Waals surface area contributed by atoms with Gasteiger partial charge in [0.05, 0.1) is 41.4 Å². The molecular formula is C25H24F3N9O2. The second-order valence-corrected chi connectivity index (χ2v) is 9.38. The summed E-state index contributed by atoms with van der Waals surface area (Å²) >= 11 is 0.